The van der Waals surface area contributed by atoms with Gasteiger partial charge in [-0.1, -0.05) is 13.0 Å². The maximum atomic E-state index is 6.01. The lowest BCUT2D eigenvalue weighted by Gasteiger charge is -2.30. The van der Waals surface area contributed by atoms with Crippen LogP contribution in [0.3, 0.4) is 0 Å². The summed E-state index contributed by atoms with van der Waals surface area (Å²) < 4.78 is 7.91. The van der Waals surface area contributed by atoms with E-state index >= 15 is 0 Å². The predicted octanol–water partition coefficient (Wildman–Crippen LogP) is 2.56. The van der Waals surface area contributed by atoms with Gasteiger partial charge in [0.25, 0.3) is 0 Å². The minimum atomic E-state index is 0.261. The molecular formula is C18H24N4O. The van der Waals surface area contributed by atoms with Crippen LogP contribution in [0.4, 0.5) is 0 Å². The molecule has 1 N–H and O–H groups in total. The molecule has 2 aromatic rings. The number of rotatable bonds is 6. The van der Waals surface area contributed by atoms with Crippen LogP contribution in [0.25, 0.3) is 5.82 Å². The maximum absolute atomic E-state index is 6.01. The Balaban J connectivity index is 1.39. The number of pyridine rings is 1. The van der Waals surface area contributed by atoms with Gasteiger partial charge < -0.3 is 10.1 Å². The molecule has 1 aliphatic heterocycles. The van der Waals surface area contributed by atoms with Crippen LogP contribution < -0.4 is 5.32 Å². The zero-order chi connectivity index (χ0) is 15.7. The second kappa shape index (κ2) is 6.06. The fourth-order valence-corrected chi connectivity index (χ4v) is 3.68. The van der Waals surface area contributed by atoms with Crippen LogP contribution in [-0.2, 0) is 11.3 Å². The highest BCUT2D eigenvalue weighted by Gasteiger charge is 2.47. The van der Waals surface area contributed by atoms with Gasteiger partial charge >= 0.3 is 0 Å². The molecule has 2 unspecified atom stereocenters. The van der Waals surface area contributed by atoms with E-state index < -0.39 is 0 Å². The van der Waals surface area contributed by atoms with E-state index in [1.807, 2.05) is 35.1 Å². The van der Waals surface area contributed by atoms with E-state index in [4.69, 9.17) is 4.74 Å². The zero-order valence-electron chi connectivity index (χ0n) is 13.6. The molecule has 0 radical (unpaired) electrons. The third-order valence-electron chi connectivity index (χ3n) is 5.13. The van der Waals surface area contributed by atoms with Crippen molar-refractivity contribution in [3.05, 3.63) is 42.4 Å². The van der Waals surface area contributed by atoms with Crippen LogP contribution in [0.15, 0.2) is 36.7 Å². The summed E-state index contributed by atoms with van der Waals surface area (Å²) in [4.78, 5) is 4.38. The van der Waals surface area contributed by atoms with E-state index in [1.165, 1.54) is 12.8 Å². The summed E-state index contributed by atoms with van der Waals surface area (Å²) in [6, 6.07) is 7.93. The molecule has 2 aliphatic rings. The summed E-state index contributed by atoms with van der Waals surface area (Å²) in [5.74, 6) is 1.66. The van der Waals surface area contributed by atoms with Gasteiger partial charge in [0.2, 0.25) is 0 Å². The van der Waals surface area contributed by atoms with Gasteiger partial charge in [0, 0.05) is 37.5 Å². The van der Waals surface area contributed by atoms with Crippen LogP contribution in [0, 0.1) is 11.3 Å². The van der Waals surface area contributed by atoms with Gasteiger partial charge in [0.15, 0.2) is 5.82 Å². The van der Waals surface area contributed by atoms with Crippen molar-refractivity contribution in [3.63, 3.8) is 0 Å². The minimum absolute atomic E-state index is 0.261. The van der Waals surface area contributed by atoms with Crippen molar-refractivity contribution < 1.29 is 4.74 Å². The van der Waals surface area contributed by atoms with E-state index in [0.717, 1.165) is 43.5 Å². The minimum Gasteiger partial charge on any atom is -0.377 e. The summed E-state index contributed by atoms with van der Waals surface area (Å²) in [7, 11) is 0. The zero-order valence-corrected chi connectivity index (χ0v) is 13.6. The Morgan fingerprint density at radius 1 is 1.30 bits per heavy atom. The summed E-state index contributed by atoms with van der Waals surface area (Å²) in [5.41, 5.74) is 1.39. The molecule has 3 heterocycles. The van der Waals surface area contributed by atoms with Gasteiger partial charge in [-0.3, -0.25) is 0 Å². The number of hydrogen-bond donors (Lipinski definition) is 1. The molecule has 1 saturated heterocycles. The summed E-state index contributed by atoms with van der Waals surface area (Å²) >= 11 is 0. The van der Waals surface area contributed by atoms with Crippen LogP contribution >= 0.6 is 0 Å². The molecule has 23 heavy (non-hydrogen) atoms. The number of nitrogens with one attached hydrogen (secondary N) is 1. The Kier molecular flexibility index (Phi) is 3.91. The molecule has 4 rings (SSSR count). The molecular weight excluding hydrogens is 288 g/mol. The first kappa shape index (κ1) is 14.8. The van der Waals surface area contributed by atoms with Gasteiger partial charge in [-0.05, 0) is 43.4 Å². The Morgan fingerprint density at radius 3 is 3.00 bits per heavy atom. The van der Waals surface area contributed by atoms with E-state index in [1.54, 1.807) is 6.20 Å². The van der Waals surface area contributed by atoms with Gasteiger partial charge in [0.1, 0.15) is 0 Å². The molecule has 1 aliphatic carbocycles. The Labute approximate surface area is 137 Å². The third kappa shape index (κ3) is 3.03. The SMILES string of the molecule is CC1(CNCc2ccnn2-c2ccccn2)CCOC1C1CC1. The summed E-state index contributed by atoms with van der Waals surface area (Å²) in [5, 5.41) is 8.02. The molecule has 0 aromatic carbocycles. The lowest BCUT2D eigenvalue weighted by Crippen LogP contribution is -2.39. The van der Waals surface area contributed by atoms with Gasteiger partial charge in [0.05, 0.1) is 11.8 Å². The normalized spacial score (nSPS) is 27.4. The van der Waals surface area contributed by atoms with Crippen molar-refractivity contribution in [1.82, 2.24) is 20.1 Å². The molecule has 5 heteroatoms. The van der Waals surface area contributed by atoms with Crippen molar-refractivity contribution in [2.24, 2.45) is 11.3 Å². The molecule has 0 amide bonds. The topological polar surface area (TPSA) is 52.0 Å². The highest BCUT2D eigenvalue weighted by Crippen LogP contribution is 2.47. The van der Waals surface area contributed by atoms with Crippen LogP contribution in [0.2, 0.25) is 0 Å². The molecule has 0 spiro atoms. The fourth-order valence-electron chi connectivity index (χ4n) is 3.68. The highest BCUT2D eigenvalue weighted by atomic mass is 16.5. The first-order chi connectivity index (χ1) is 11.3. The first-order valence-corrected chi connectivity index (χ1v) is 8.53. The lowest BCUT2D eigenvalue weighted by molar-refractivity contribution is 0.0386. The maximum Gasteiger partial charge on any atom is 0.153 e. The number of nitrogens with zero attached hydrogens (tertiary/aromatic N) is 3. The monoisotopic (exact) mass is 312 g/mol. The van der Waals surface area contributed by atoms with Gasteiger partial charge in [-0.25, -0.2) is 9.67 Å². The average molecular weight is 312 g/mol. The van der Waals surface area contributed by atoms with Crippen molar-refractivity contribution >= 4 is 0 Å². The molecule has 2 fully saturated rings. The summed E-state index contributed by atoms with van der Waals surface area (Å²) in [6.07, 6.45) is 7.90. The Bertz CT molecular complexity index is 652. The number of aromatic nitrogens is 3. The summed E-state index contributed by atoms with van der Waals surface area (Å²) in [6.45, 7) is 5.06. The van der Waals surface area contributed by atoms with Gasteiger partial charge in [-0.15, -0.1) is 0 Å². The predicted molar refractivity (Wildman–Crippen MR) is 88.3 cm³/mol. The Morgan fingerprint density at radius 2 is 2.22 bits per heavy atom. The first-order valence-electron chi connectivity index (χ1n) is 8.53. The third-order valence-corrected chi connectivity index (χ3v) is 5.13. The van der Waals surface area contributed by atoms with Crippen molar-refractivity contribution in [1.29, 1.82) is 0 Å². The van der Waals surface area contributed by atoms with E-state index in [-0.39, 0.29) is 5.41 Å². The van der Waals surface area contributed by atoms with Gasteiger partial charge in [-0.2, -0.15) is 5.10 Å². The Hall–Kier alpha value is -1.72. The largest absolute Gasteiger partial charge is 0.377 e. The molecule has 5 nitrogen and oxygen atoms in total. The fraction of sp³-hybridized carbons (Fsp3) is 0.556. The van der Waals surface area contributed by atoms with Crippen molar-refractivity contribution in [2.45, 2.75) is 38.8 Å². The molecule has 0 bridgehead atoms. The molecule has 2 aromatic heterocycles. The molecule has 1 saturated carbocycles. The molecule has 122 valence electrons. The van der Waals surface area contributed by atoms with E-state index in [2.05, 4.69) is 22.3 Å². The van der Waals surface area contributed by atoms with E-state index in [0.29, 0.717) is 6.10 Å². The van der Waals surface area contributed by atoms with Crippen LogP contribution in [-0.4, -0.2) is 34.0 Å². The highest BCUT2D eigenvalue weighted by molar-refractivity contribution is 5.23. The van der Waals surface area contributed by atoms with Crippen molar-refractivity contribution in [3.8, 4) is 5.82 Å². The second-order valence-corrected chi connectivity index (χ2v) is 7.06. The number of hydrogen-bond acceptors (Lipinski definition) is 4. The quantitative estimate of drug-likeness (QED) is 0.890. The van der Waals surface area contributed by atoms with Crippen LogP contribution in [0.1, 0.15) is 31.9 Å². The average Bonchev–Trinajstić information content (AvgIpc) is 3.17. The van der Waals surface area contributed by atoms with Crippen LogP contribution in [0.5, 0.6) is 0 Å². The lowest BCUT2D eigenvalue weighted by atomic mass is 9.81. The standard InChI is InChI=1S/C18H24N4O/c1-18(8-11-23-17(18)14-5-6-14)13-19-12-15-7-10-21-22(15)16-4-2-3-9-20-16/h2-4,7,9-10,14,17,19H,5-6,8,11-13H2,1H3. The van der Waals surface area contributed by atoms with Crippen molar-refractivity contribution in [2.75, 3.05) is 13.2 Å². The number of ether oxygens (including phenoxy) is 1. The van der Waals surface area contributed by atoms with E-state index in [9.17, 15) is 0 Å². The molecule has 2 atom stereocenters. The second-order valence-electron chi connectivity index (χ2n) is 7.06. The smallest absolute Gasteiger partial charge is 0.153 e.